The number of ether oxygens (including phenoxy) is 9. The number of benzene rings is 2. The molecule has 0 unspecified atom stereocenters. The van der Waals surface area contributed by atoms with Crippen LogP contribution in [0.3, 0.4) is 0 Å². The number of rotatable bonds is 14. The monoisotopic (exact) mass is 1150 g/mol. The molecule has 5 saturated heterocycles. The molecule has 0 radical (unpaired) electrons. The summed E-state index contributed by atoms with van der Waals surface area (Å²) >= 11 is 0. The number of fused-ring (bicyclic) bond motifs is 2. The number of aromatic nitrogens is 2. The molecule has 412 valence electrons. The van der Waals surface area contributed by atoms with E-state index >= 15 is 0 Å². The second-order valence-corrected chi connectivity index (χ2v) is 18.6. The van der Waals surface area contributed by atoms with Gasteiger partial charge in [0, 0.05) is 52.1 Å². The minimum atomic E-state index is -0.802. The fourth-order valence-electron chi connectivity index (χ4n) is 9.09. The Balaban J connectivity index is 0.000000212. The van der Waals surface area contributed by atoms with Gasteiger partial charge in [0.25, 0.3) is 29.5 Å². The number of carbonyl (C=O) groups is 4. The summed E-state index contributed by atoms with van der Waals surface area (Å²) in [5, 5.41) is 1.03. The molecule has 5 aliphatic heterocycles. The number of carbonyl (C=O) groups excluding carboxylic acids is 4. The van der Waals surface area contributed by atoms with Crippen LogP contribution in [0.15, 0.2) is 72.8 Å². The van der Waals surface area contributed by atoms with E-state index in [1.54, 1.807) is 34.1 Å². The van der Waals surface area contributed by atoms with Crippen molar-refractivity contribution in [3.63, 3.8) is 0 Å². The number of likely N-dealkylation sites (N-methyl/N-ethyl adjacent to an activating group) is 1. The van der Waals surface area contributed by atoms with Gasteiger partial charge in [-0.05, 0) is 85.3 Å². The van der Waals surface area contributed by atoms with Gasteiger partial charge in [0.2, 0.25) is 0 Å². The van der Waals surface area contributed by atoms with Crippen molar-refractivity contribution in [1.82, 2.24) is 24.8 Å². The number of hydrogen-bond donors (Lipinski definition) is 0. The van der Waals surface area contributed by atoms with Crippen LogP contribution in [0.25, 0.3) is 0 Å². The number of amides is 3. The van der Waals surface area contributed by atoms with Gasteiger partial charge in [0.15, 0.2) is 23.9 Å². The number of hydrogen-bond acceptors (Lipinski definition) is 16. The van der Waals surface area contributed by atoms with Crippen LogP contribution in [0.4, 0.5) is 8.78 Å². The molecule has 2 saturated carbocycles. The molecule has 0 spiro atoms. The van der Waals surface area contributed by atoms with Crippen LogP contribution in [-0.2, 0) is 49.3 Å². The molecule has 2 aliphatic carbocycles. The predicted molar refractivity (Wildman–Crippen MR) is 268 cm³/mol. The molecule has 4 atom stereocenters. The number of pyridine rings is 2. The first-order valence-electron chi connectivity index (χ1n) is 25.1. The number of ketones is 1. The molecular weight excluding hydrogens is 1080 g/mol. The van der Waals surface area contributed by atoms with E-state index in [1.165, 1.54) is 90.5 Å². The van der Waals surface area contributed by atoms with Crippen molar-refractivity contribution in [2.75, 3.05) is 94.6 Å². The predicted octanol–water partition coefficient (Wildman–Crippen LogP) is 2.85. The third-order valence-corrected chi connectivity index (χ3v) is 13.7. The maximum absolute atomic E-state index is 13.8. The van der Waals surface area contributed by atoms with Crippen LogP contribution in [0.5, 0.6) is 23.3 Å². The van der Waals surface area contributed by atoms with E-state index < -0.39 is 29.3 Å². The smallest absolute Gasteiger partial charge is 1.00 e. The normalized spacial score (nSPS) is 22.5. The average molecular weight is 1150 g/mol. The first-order chi connectivity index (χ1) is 36.4. The maximum atomic E-state index is 13.8. The van der Waals surface area contributed by atoms with Crippen molar-refractivity contribution in [2.45, 2.75) is 74.8 Å². The third kappa shape index (κ3) is 15.4. The number of halogens is 3. The van der Waals surface area contributed by atoms with Gasteiger partial charge in [-0.15, -0.1) is 0 Å². The molecular formula is C54H64BrF2MgN5O14. The molecule has 3 amide bonds. The fraction of sp³-hybridized carbons (Fsp3) is 0.500. The third-order valence-electron chi connectivity index (χ3n) is 13.7. The topological polar surface area (TPSA) is 196 Å². The molecule has 23 heteroatoms. The molecule has 7 aliphatic rings. The van der Waals surface area contributed by atoms with Gasteiger partial charge in [0.05, 0.1) is 34.4 Å². The van der Waals surface area contributed by atoms with Gasteiger partial charge in [-0.3, -0.25) is 24.0 Å². The molecule has 2 aromatic carbocycles. The van der Waals surface area contributed by atoms with Crippen molar-refractivity contribution in [1.29, 1.82) is 0 Å². The van der Waals surface area contributed by atoms with Crippen LogP contribution in [0.2, 0.25) is 0 Å². The Bertz CT molecular complexity index is 2630. The molecule has 4 aromatic rings. The number of nitrogens with zero attached hydrogens (tertiary/aromatic N) is 5. The van der Waals surface area contributed by atoms with E-state index in [0.29, 0.717) is 42.8 Å². The molecule has 0 bridgehead atoms. The van der Waals surface area contributed by atoms with E-state index in [1.807, 2.05) is 12.1 Å². The van der Waals surface area contributed by atoms with Gasteiger partial charge in [-0.2, -0.15) is 0 Å². The van der Waals surface area contributed by atoms with Crippen LogP contribution >= 0.6 is 0 Å². The largest absolute Gasteiger partial charge is 2.00 e. The Morgan fingerprint density at radius 1 is 0.714 bits per heavy atom. The molecule has 7 fully saturated rings. The van der Waals surface area contributed by atoms with E-state index in [2.05, 4.69) is 16.4 Å². The summed E-state index contributed by atoms with van der Waals surface area (Å²) in [5.74, 6) is -0.773. The summed E-state index contributed by atoms with van der Waals surface area (Å²) in [6.45, 7) is 3.14. The van der Waals surface area contributed by atoms with Crippen molar-refractivity contribution in [3.05, 3.63) is 113 Å². The molecule has 77 heavy (non-hydrogen) atoms. The van der Waals surface area contributed by atoms with Crippen molar-refractivity contribution in [3.8, 4) is 23.3 Å². The van der Waals surface area contributed by atoms with E-state index in [0.717, 1.165) is 31.1 Å². The summed E-state index contributed by atoms with van der Waals surface area (Å²) in [7, 11) is 5.66. The average Bonchev–Trinajstić information content (AvgIpc) is 4.35. The fourth-order valence-corrected chi connectivity index (χ4v) is 9.09. The van der Waals surface area contributed by atoms with E-state index in [9.17, 15) is 28.0 Å². The summed E-state index contributed by atoms with van der Waals surface area (Å²) in [4.78, 5) is 66.8. The molecule has 7 heterocycles. The van der Waals surface area contributed by atoms with Gasteiger partial charge >= 0.3 is 23.1 Å². The molecule has 19 nitrogen and oxygen atoms in total. The van der Waals surface area contributed by atoms with Gasteiger partial charge in [0.1, 0.15) is 66.6 Å². The zero-order chi connectivity index (χ0) is 53.0. The van der Waals surface area contributed by atoms with Crippen LogP contribution < -0.4 is 35.9 Å². The van der Waals surface area contributed by atoms with Gasteiger partial charge in [-0.1, -0.05) is 24.3 Å². The minimum absolute atomic E-state index is 0. The Morgan fingerprint density at radius 3 is 1.57 bits per heavy atom. The van der Waals surface area contributed by atoms with E-state index in [-0.39, 0.29) is 144 Å². The SMILES string of the molecule is C1CCOC1.COc1nc(C(=O)N2CC[C@]3(c4cccc(F)c4)OCO[C@@H]3C2)ccc1OCC(=O)C1CC1.COc1nc(C(=O)N2CC[C@]3(c4cccc(F)c4)OCO[C@@H]3C2)ccc1OCC(=O)N(C)OC.[Br-].[CH-]1CC1.[Mg+2]. The van der Waals surface area contributed by atoms with Crippen LogP contribution in [-0.4, -0.2) is 178 Å². The zero-order valence-electron chi connectivity index (χ0n) is 43.8. The number of Topliss-reactive ketones (excluding diaryl/α,β-unsaturated/α-hetero) is 1. The van der Waals surface area contributed by atoms with Gasteiger partial charge in [-0.25, -0.2) is 36.7 Å². The first kappa shape index (κ1) is 61.1. The van der Waals surface area contributed by atoms with Crippen LogP contribution in [0.1, 0.15) is 83.5 Å². The number of piperidine rings is 2. The Hall–Kier alpha value is -5.11. The van der Waals surface area contributed by atoms with Crippen LogP contribution in [0, 0.1) is 24.0 Å². The summed E-state index contributed by atoms with van der Waals surface area (Å²) < 4.78 is 77.6. The van der Waals surface area contributed by atoms with Crippen molar-refractivity contribution < 1.29 is 92.4 Å². The maximum Gasteiger partial charge on any atom is 2.00 e. The first-order valence-corrected chi connectivity index (χ1v) is 25.1. The molecule has 2 aromatic heterocycles. The zero-order valence-corrected chi connectivity index (χ0v) is 46.8. The second kappa shape index (κ2) is 28.7. The Kier molecular flexibility index (Phi) is 22.8. The minimum Gasteiger partial charge on any atom is -1.00 e. The summed E-state index contributed by atoms with van der Waals surface area (Å²) in [6.07, 6.45) is 9.43. The van der Waals surface area contributed by atoms with E-state index in [4.69, 9.17) is 47.5 Å². The Labute approximate surface area is 473 Å². The molecule has 0 N–H and O–H groups in total. The second-order valence-electron chi connectivity index (χ2n) is 18.6. The number of likely N-dealkylation sites (tertiary alicyclic amines) is 2. The summed E-state index contributed by atoms with van der Waals surface area (Å²) in [6, 6.07) is 18.8. The molecule has 11 rings (SSSR count). The summed E-state index contributed by atoms with van der Waals surface area (Å²) in [5.41, 5.74) is 0.169. The van der Waals surface area contributed by atoms with Gasteiger partial charge < -0.3 is 75.8 Å². The Morgan fingerprint density at radius 2 is 1.18 bits per heavy atom. The number of hydroxylamine groups is 2. The van der Waals surface area contributed by atoms with Crippen molar-refractivity contribution >= 4 is 46.6 Å². The number of methoxy groups -OCH3 is 2. The van der Waals surface area contributed by atoms with Crippen molar-refractivity contribution in [2.24, 2.45) is 5.92 Å². The quantitative estimate of drug-likeness (QED) is 0.102. The standard InChI is InChI=1S/C24H25FN2O6.C23H26FN3O7.C4H8O.C3H5.BrH.Mg/c1-30-22-20(31-13-19(28)15-5-6-15)8-7-18(26-22)23(29)27-10-9-24(21(12-27)32-14-33-24)16-3-2-4-17(25)11-16;1-26(31-3)20(28)13-32-18-8-7-17(25-21(18)30-2)22(29)27-10-9-23(19(12-27)33-14-34-23)15-5-4-6-16(24)11-15;1-2-4-5-3-1;1-2-3-1;;/h2-4,7-8,11,15,21H,5-6,9-10,12-14H2,1H3;4-8,11,19H,9-10,12-14H2,1-3H3;1-4H2;1H,2-3H2;1H;/q;;;-1;;+2/p-1/t21-,24-;19-,23-;;;;/m11..../s1.